The van der Waals surface area contributed by atoms with Crippen LogP contribution in [0.5, 0.6) is 11.5 Å². The Kier molecular flexibility index (Phi) is 5.68. The third kappa shape index (κ3) is 3.65. The molecule has 2 aliphatic carbocycles. The monoisotopic (exact) mass is 380 g/mol. The second-order valence-corrected chi connectivity index (χ2v) is 7.74. The lowest BCUT2D eigenvalue weighted by Crippen LogP contribution is -2.37. The summed E-state index contributed by atoms with van der Waals surface area (Å²) in [6.45, 7) is 2.72. The standard InChI is InChI=1S/C20H28N2O3.ClH/c1-24-16-5-6-18(25-2)14(11-16)13-22(15-3-4-15)19(23)17-12-20(17)7-9-21-10-8-20;/h5-6,11,15,17,21H,3-4,7-10,12-13H2,1-2H3;1H. The molecule has 6 heteroatoms. The summed E-state index contributed by atoms with van der Waals surface area (Å²) in [5.74, 6) is 2.22. The van der Waals surface area contributed by atoms with Crippen LogP contribution in [0.3, 0.4) is 0 Å². The van der Waals surface area contributed by atoms with E-state index in [9.17, 15) is 4.79 Å². The van der Waals surface area contributed by atoms with Gasteiger partial charge in [-0.1, -0.05) is 0 Å². The van der Waals surface area contributed by atoms with Crippen LogP contribution in [0.2, 0.25) is 0 Å². The number of ether oxygens (including phenoxy) is 2. The number of carbonyl (C=O) groups excluding carboxylic acids is 1. The fourth-order valence-corrected chi connectivity index (χ4v) is 4.34. The molecule has 0 bridgehead atoms. The minimum atomic E-state index is 0. The molecule has 0 radical (unpaired) electrons. The number of nitrogens with zero attached hydrogens (tertiary/aromatic N) is 1. The molecule has 26 heavy (non-hydrogen) atoms. The number of halogens is 1. The molecule has 2 saturated carbocycles. The van der Waals surface area contributed by atoms with Crippen LogP contribution in [-0.2, 0) is 11.3 Å². The highest BCUT2D eigenvalue weighted by atomic mass is 35.5. The van der Waals surface area contributed by atoms with Gasteiger partial charge in [0.15, 0.2) is 0 Å². The first kappa shape index (κ1) is 19.3. The van der Waals surface area contributed by atoms with E-state index in [0.717, 1.165) is 62.3 Å². The van der Waals surface area contributed by atoms with Crippen molar-refractivity contribution in [1.29, 1.82) is 0 Å². The molecule has 1 unspecified atom stereocenters. The lowest BCUT2D eigenvalue weighted by atomic mass is 9.91. The van der Waals surface area contributed by atoms with Gasteiger partial charge in [0, 0.05) is 24.1 Å². The molecule has 1 atom stereocenters. The van der Waals surface area contributed by atoms with Gasteiger partial charge in [-0.15, -0.1) is 12.4 Å². The van der Waals surface area contributed by atoms with Gasteiger partial charge in [0.1, 0.15) is 11.5 Å². The van der Waals surface area contributed by atoms with Crippen LogP contribution < -0.4 is 14.8 Å². The normalized spacial score (nSPS) is 23.1. The van der Waals surface area contributed by atoms with Crippen molar-refractivity contribution >= 4 is 18.3 Å². The van der Waals surface area contributed by atoms with Crippen molar-refractivity contribution < 1.29 is 14.3 Å². The van der Waals surface area contributed by atoms with E-state index in [-0.39, 0.29) is 23.7 Å². The van der Waals surface area contributed by atoms with Gasteiger partial charge in [0.05, 0.1) is 14.2 Å². The molecule has 144 valence electrons. The molecule has 3 fully saturated rings. The van der Waals surface area contributed by atoms with Crippen LogP contribution >= 0.6 is 12.4 Å². The zero-order chi connectivity index (χ0) is 17.4. The molecule has 4 rings (SSSR count). The third-order valence-electron chi connectivity index (χ3n) is 6.19. The summed E-state index contributed by atoms with van der Waals surface area (Å²) in [6, 6.07) is 6.23. The van der Waals surface area contributed by atoms with Gasteiger partial charge in [-0.05, 0) is 68.8 Å². The van der Waals surface area contributed by atoms with Gasteiger partial charge in [-0.25, -0.2) is 0 Å². The highest BCUT2D eigenvalue weighted by Crippen LogP contribution is 2.59. The van der Waals surface area contributed by atoms with E-state index in [1.807, 2.05) is 18.2 Å². The van der Waals surface area contributed by atoms with Crippen molar-refractivity contribution in [3.8, 4) is 11.5 Å². The van der Waals surface area contributed by atoms with Crippen LogP contribution in [0, 0.1) is 11.3 Å². The quantitative estimate of drug-likeness (QED) is 0.824. The Labute approximate surface area is 161 Å². The molecule has 1 aromatic carbocycles. The van der Waals surface area contributed by atoms with Crippen molar-refractivity contribution in [2.75, 3.05) is 27.3 Å². The number of hydrogen-bond acceptors (Lipinski definition) is 4. The van der Waals surface area contributed by atoms with Crippen LogP contribution in [0.1, 0.15) is 37.7 Å². The van der Waals surface area contributed by atoms with E-state index >= 15 is 0 Å². The summed E-state index contributed by atoms with van der Waals surface area (Å²) in [5.41, 5.74) is 1.32. The molecule has 1 aliphatic heterocycles. The van der Waals surface area contributed by atoms with Gasteiger partial charge in [0.2, 0.25) is 5.91 Å². The van der Waals surface area contributed by atoms with E-state index in [4.69, 9.17) is 9.47 Å². The smallest absolute Gasteiger partial charge is 0.226 e. The number of nitrogens with one attached hydrogen (secondary N) is 1. The van der Waals surface area contributed by atoms with Crippen LogP contribution in [0.4, 0.5) is 0 Å². The highest BCUT2D eigenvalue weighted by molar-refractivity contribution is 5.85. The maximum absolute atomic E-state index is 13.3. The van der Waals surface area contributed by atoms with E-state index in [1.54, 1.807) is 14.2 Å². The lowest BCUT2D eigenvalue weighted by molar-refractivity contribution is -0.134. The molecular weight excluding hydrogens is 352 g/mol. The number of methoxy groups -OCH3 is 2. The summed E-state index contributed by atoms with van der Waals surface area (Å²) in [6.07, 6.45) is 5.61. The number of rotatable bonds is 6. The van der Waals surface area contributed by atoms with Crippen molar-refractivity contribution in [1.82, 2.24) is 10.2 Å². The summed E-state index contributed by atoms with van der Waals surface area (Å²) in [4.78, 5) is 15.4. The minimum Gasteiger partial charge on any atom is -0.497 e. The summed E-state index contributed by atoms with van der Waals surface area (Å²) >= 11 is 0. The second-order valence-electron chi connectivity index (χ2n) is 7.74. The average Bonchev–Trinajstić information content (AvgIpc) is 3.57. The topological polar surface area (TPSA) is 50.8 Å². The predicted molar refractivity (Wildman–Crippen MR) is 103 cm³/mol. The van der Waals surface area contributed by atoms with E-state index in [1.165, 1.54) is 0 Å². The Hall–Kier alpha value is -1.46. The first-order valence-electron chi connectivity index (χ1n) is 9.39. The van der Waals surface area contributed by atoms with Crippen molar-refractivity contribution in [3.63, 3.8) is 0 Å². The van der Waals surface area contributed by atoms with Gasteiger partial charge >= 0.3 is 0 Å². The molecule has 1 heterocycles. The zero-order valence-corrected chi connectivity index (χ0v) is 16.4. The summed E-state index contributed by atoms with van der Waals surface area (Å²) in [5, 5.41) is 3.42. The third-order valence-corrected chi connectivity index (χ3v) is 6.19. The number of amides is 1. The Morgan fingerprint density at radius 1 is 1.23 bits per heavy atom. The van der Waals surface area contributed by atoms with E-state index < -0.39 is 0 Å². The van der Waals surface area contributed by atoms with Gasteiger partial charge in [-0.2, -0.15) is 0 Å². The first-order valence-corrected chi connectivity index (χ1v) is 9.39. The Balaban J connectivity index is 0.00000196. The number of carbonyl (C=O) groups is 1. The highest BCUT2D eigenvalue weighted by Gasteiger charge is 2.59. The van der Waals surface area contributed by atoms with Crippen LogP contribution in [-0.4, -0.2) is 44.2 Å². The molecule has 1 N–H and O–H groups in total. The van der Waals surface area contributed by atoms with Gasteiger partial charge in [-0.3, -0.25) is 4.79 Å². The lowest BCUT2D eigenvalue weighted by Gasteiger charge is -2.27. The number of benzene rings is 1. The first-order chi connectivity index (χ1) is 12.2. The molecule has 3 aliphatic rings. The molecule has 1 spiro atoms. The minimum absolute atomic E-state index is 0. The Morgan fingerprint density at radius 2 is 1.96 bits per heavy atom. The molecular formula is C20H29ClN2O3. The number of hydrogen-bond donors (Lipinski definition) is 1. The van der Waals surface area contributed by atoms with Crippen molar-refractivity contribution in [3.05, 3.63) is 23.8 Å². The summed E-state index contributed by atoms with van der Waals surface area (Å²) in [7, 11) is 3.35. The van der Waals surface area contributed by atoms with Crippen LogP contribution in [0.25, 0.3) is 0 Å². The maximum Gasteiger partial charge on any atom is 0.226 e. The summed E-state index contributed by atoms with van der Waals surface area (Å²) < 4.78 is 10.9. The van der Waals surface area contributed by atoms with E-state index in [2.05, 4.69) is 10.2 Å². The fraction of sp³-hybridized carbons (Fsp3) is 0.650. The molecule has 1 amide bonds. The largest absolute Gasteiger partial charge is 0.497 e. The van der Waals surface area contributed by atoms with Gasteiger partial charge in [0.25, 0.3) is 0 Å². The number of piperidine rings is 1. The van der Waals surface area contributed by atoms with Gasteiger partial charge < -0.3 is 19.7 Å². The molecule has 1 saturated heterocycles. The maximum atomic E-state index is 13.3. The SMILES string of the molecule is COc1ccc(OC)c(CN(C(=O)C2CC23CCNCC3)C2CC2)c1.Cl. The van der Waals surface area contributed by atoms with Crippen molar-refractivity contribution in [2.45, 2.75) is 44.7 Å². The molecule has 0 aromatic heterocycles. The van der Waals surface area contributed by atoms with Crippen LogP contribution in [0.15, 0.2) is 18.2 Å². The fourth-order valence-electron chi connectivity index (χ4n) is 4.34. The van der Waals surface area contributed by atoms with Crippen molar-refractivity contribution in [2.24, 2.45) is 11.3 Å². The molecule has 1 aromatic rings. The Morgan fingerprint density at radius 3 is 2.58 bits per heavy atom. The average molecular weight is 381 g/mol. The Bertz CT molecular complexity index is 656. The second kappa shape index (κ2) is 7.65. The zero-order valence-electron chi connectivity index (χ0n) is 15.6. The van der Waals surface area contributed by atoms with E-state index in [0.29, 0.717) is 18.5 Å². The predicted octanol–water partition coefficient (Wildman–Crippen LogP) is 3.01. The molecule has 5 nitrogen and oxygen atoms in total.